The highest BCUT2D eigenvalue weighted by Crippen LogP contribution is 2.22. The largest absolute Gasteiger partial charge is 0.465 e. The summed E-state index contributed by atoms with van der Waals surface area (Å²) in [6, 6.07) is 7.30. The lowest BCUT2D eigenvalue weighted by Crippen LogP contribution is -2.41. The molecule has 6 nitrogen and oxygen atoms in total. The summed E-state index contributed by atoms with van der Waals surface area (Å²) in [4.78, 5) is 22.4. The van der Waals surface area contributed by atoms with Crippen molar-refractivity contribution in [3.8, 4) is 0 Å². The van der Waals surface area contributed by atoms with Crippen molar-refractivity contribution in [3.63, 3.8) is 0 Å². The number of nitroso groups, excluding NO2 is 1. The highest BCUT2D eigenvalue weighted by atomic mass is 16.5. The van der Waals surface area contributed by atoms with Crippen LogP contribution in [-0.4, -0.2) is 35.8 Å². The topological polar surface area (TPSA) is 79.2 Å². The van der Waals surface area contributed by atoms with Crippen LogP contribution in [0.2, 0.25) is 0 Å². The molecule has 1 aromatic carbocycles. The molecule has 18 heavy (non-hydrogen) atoms. The fraction of sp³-hybridized carbons (Fsp3) is 0.417. The lowest BCUT2D eigenvalue weighted by Gasteiger charge is -2.31. The molecule has 0 aliphatic carbocycles. The molecule has 96 valence electrons. The summed E-state index contributed by atoms with van der Waals surface area (Å²) in [5, 5.41) is 11.8. The maximum atomic E-state index is 10.9. The van der Waals surface area contributed by atoms with Gasteiger partial charge in [0.1, 0.15) is 12.6 Å². The van der Waals surface area contributed by atoms with Crippen LogP contribution in [0.4, 0.5) is 4.79 Å². The average Bonchev–Trinajstić information content (AvgIpc) is 2.40. The maximum Gasteiger partial charge on any atom is 0.407 e. The lowest BCUT2D eigenvalue weighted by atomic mass is 10.1. The van der Waals surface area contributed by atoms with E-state index in [0.29, 0.717) is 19.7 Å². The third-order valence-electron chi connectivity index (χ3n) is 2.94. The van der Waals surface area contributed by atoms with E-state index in [-0.39, 0.29) is 12.6 Å². The van der Waals surface area contributed by atoms with Gasteiger partial charge in [0, 0.05) is 6.54 Å². The molecule has 1 fully saturated rings. The van der Waals surface area contributed by atoms with Crippen LogP contribution < -0.4 is 0 Å². The Morgan fingerprint density at radius 2 is 2.17 bits per heavy atom. The number of amides is 1. The molecule has 1 aromatic rings. The number of morpholine rings is 1. The van der Waals surface area contributed by atoms with Crippen LogP contribution in [-0.2, 0) is 11.3 Å². The minimum Gasteiger partial charge on any atom is -0.465 e. The van der Waals surface area contributed by atoms with Crippen molar-refractivity contribution in [2.75, 3.05) is 19.7 Å². The van der Waals surface area contributed by atoms with Gasteiger partial charge in [0.25, 0.3) is 0 Å². The Hall–Kier alpha value is -1.95. The Kier molecular flexibility index (Phi) is 3.88. The summed E-state index contributed by atoms with van der Waals surface area (Å²) in [5.74, 6) is 0. The highest BCUT2D eigenvalue weighted by Gasteiger charge is 2.24. The third kappa shape index (κ3) is 2.84. The highest BCUT2D eigenvalue weighted by molar-refractivity contribution is 5.65. The maximum absolute atomic E-state index is 10.9. The van der Waals surface area contributed by atoms with E-state index in [9.17, 15) is 9.70 Å². The van der Waals surface area contributed by atoms with Crippen LogP contribution in [0.15, 0.2) is 29.4 Å². The molecule has 6 heteroatoms. The van der Waals surface area contributed by atoms with E-state index in [2.05, 4.69) is 5.18 Å². The van der Waals surface area contributed by atoms with Gasteiger partial charge in [-0.15, -0.1) is 0 Å². The number of carboxylic acid groups (broad SMARTS) is 1. The van der Waals surface area contributed by atoms with Crippen molar-refractivity contribution in [1.82, 2.24) is 4.90 Å². The molecule has 0 radical (unpaired) electrons. The molecular weight excluding hydrogens is 236 g/mol. The predicted molar refractivity (Wildman–Crippen MR) is 64.2 cm³/mol. The first kappa shape index (κ1) is 12.5. The molecule has 1 aliphatic rings. The van der Waals surface area contributed by atoms with Crippen molar-refractivity contribution in [3.05, 3.63) is 40.3 Å². The Morgan fingerprint density at radius 3 is 2.78 bits per heavy atom. The van der Waals surface area contributed by atoms with E-state index in [0.717, 1.165) is 11.1 Å². The average molecular weight is 250 g/mol. The fourth-order valence-corrected chi connectivity index (χ4v) is 1.94. The number of nitrogens with zero attached hydrogens (tertiary/aromatic N) is 2. The number of hydrogen-bond donors (Lipinski definition) is 1. The van der Waals surface area contributed by atoms with Crippen LogP contribution in [0.25, 0.3) is 0 Å². The Bertz CT molecular complexity index is 432. The van der Waals surface area contributed by atoms with Gasteiger partial charge in [-0.25, -0.2) is 4.79 Å². The second-order valence-electron chi connectivity index (χ2n) is 4.12. The van der Waals surface area contributed by atoms with Crippen LogP contribution in [0.3, 0.4) is 0 Å². The van der Waals surface area contributed by atoms with E-state index in [1.54, 1.807) is 12.1 Å². The Balaban J connectivity index is 2.06. The number of benzene rings is 1. The van der Waals surface area contributed by atoms with E-state index in [1.165, 1.54) is 4.90 Å². The predicted octanol–water partition coefficient (Wildman–Crippen LogP) is 2.00. The molecule has 0 spiro atoms. The van der Waals surface area contributed by atoms with Crippen LogP contribution in [0, 0.1) is 4.91 Å². The first-order valence-corrected chi connectivity index (χ1v) is 5.68. The SMILES string of the molecule is O=NCc1ccc(C2CN(C(=O)O)CCO2)cc1. The molecule has 0 bridgehead atoms. The number of ether oxygens (including phenoxy) is 1. The molecule has 1 atom stereocenters. The minimum absolute atomic E-state index is 0.146. The number of hydrogen-bond acceptors (Lipinski definition) is 4. The molecule has 1 saturated heterocycles. The lowest BCUT2D eigenvalue weighted by molar-refractivity contribution is -0.0232. The van der Waals surface area contributed by atoms with Gasteiger partial charge in [-0.2, -0.15) is 4.91 Å². The fourth-order valence-electron chi connectivity index (χ4n) is 1.94. The normalized spacial score (nSPS) is 19.6. The van der Waals surface area contributed by atoms with Crippen LogP contribution in [0.5, 0.6) is 0 Å². The van der Waals surface area contributed by atoms with Crippen molar-refractivity contribution < 1.29 is 14.6 Å². The molecule has 0 saturated carbocycles. The molecule has 0 aromatic heterocycles. The molecule has 1 aliphatic heterocycles. The van der Waals surface area contributed by atoms with E-state index in [1.807, 2.05) is 12.1 Å². The van der Waals surface area contributed by atoms with Gasteiger partial charge in [0.2, 0.25) is 0 Å². The van der Waals surface area contributed by atoms with Crippen molar-refractivity contribution in [2.45, 2.75) is 12.6 Å². The Labute approximate surface area is 104 Å². The quantitative estimate of drug-likeness (QED) is 0.832. The minimum atomic E-state index is -0.926. The second-order valence-corrected chi connectivity index (χ2v) is 4.12. The number of rotatable bonds is 3. The summed E-state index contributed by atoms with van der Waals surface area (Å²) in [6.45, 7) is 1.28. The summed E-state index contributed by atoms with van der Waals surface area (Å²) in [6.07, 6.45) is -1.17. The summed E-state index contributed by atoms with van der Waals surface area (Å²) >= 11 is 0. The van der Waals surface area contributed by atoms with Gasteiger partial charge in [0.05, 0.1) is 13.2 Å². The third-order valence-corrected chi connectivity index (χ3v) is 2.94. The van der Waals surface area contributed by atoms with Gasteiger partial charge >= 0.3 is 6.09 Å². The molecule has 1 amide bonds. The monoisotopic (exact) mass is 250 g/mol. The smallest absolute Gasteiger partial charge is 0.407 e. The second kappa shape index (κ2) is 5.59. The van der Waals surface area contributed by atoms with Gasteiger partial charge in [-0.05, 0) is 11.1 Å². The van der Waals surface area contributed by atoms with Gasteiger partial charge in [-0.1, -0.05) is 29.4 Å². The first-order valence-electron chi connectivity index (χ1n) is 5.68. The van der Waals surface area contributed by atoms with Crippen molar-refractivity contribution >= 4 is 6.09 Å². The summed E-state index contributed by atoms with van der Waals surface area (Å²) in [7, 11) is 0. The van der Waals surface area contributed by atoms with Crippen molar-refractivity contribution in [1.29, 1.82) is 0 Å². The van der Waals surface area contributed by atoms with Gasteiger partial charge in [-0.3, -0.25) is 0 Å². The zero-order chi connectivity index (χ0) is 13.0. The zero-order valence-corrected chi connectivity index (χ0v) is 9.78. The van der Waals surface area contributed by atoms with Crippen LogP contribution in [0.1, 0.15) is 17.2 Å². The summed E-state index contributed by atoms with van der Waals surface area (Å²) in [5.41, 5.74) is 1.75. The molecule has 1 unspecified atom stereocenters. The van der Waals surface area contributed by atoms with Gasteiger partial charge in [0.15, 0.2) is 0 Å². The van der Waals surface area contributed by atoms with E-state index < -0.39 is 6.09 Å². The standard InChI is InChI=1S/C12H14N2O4/c15-12(16)14-5-6-18-11(8-14)10-3-1-9(2-4-10)7-13-17/h1-4,11H,5-8H2,(H,15,16). The summed E-state index contributed by atoms with van der Waals surface area (Å²) < 4.78 is 5.55. The zero-order valence-electron chi connectivity index (χ0n) is 9.78. The van der Waals surface area contributed by atoms with Crippen molar-refractivity contribution in [2.24, 2.45) is 5.18 Å². The van der Waals surface area contributed by atoms with Crippen LogP contribution >= 0.6 is 0 Å². The Morgan fingerprint density at radius 1 is 1.44 bits per heavy atom. The number of carbonyl (C=O) groups is 1. The van der Waals surface area contributed by atoms with E-state index >= 15 is 0 Å². The van der Waals surface area contributed by atoms with E-state index in [4.69, 9.17) is 9.84 Å². The molecule has 2 rings (SSSR count). The van der Waals surface area contributed by atoms with Gasteiger partial charge < -0.3 is 14.7 Å². The first-order chi connectivity index (χ1) is 8.70. The molecule has 1 N–H and O–H groups in total. The molecular formula is C12H14N2O4. The molecule has 1 heterocycles.